The van der Waals surface area contributed by atoms with Crippen molar-refractivity contribution in [3.05, 3.63) is 58.1 Å². The Kier molecular flexibility index (Phi) is 5.72. The molecule has 0 amide bonds. The highest BCUT2D eigenvalue weighted by Gasteiger charge is 2.09. The van der Waals surface area contributed by atoms with Gasteiger partial charge in [0, 0.05) is 12.1 Å². The van der Waals surface area contributed by atoms with Gasteiger partial charge in [-0.05, 0) is 31.2 Å². The number of rotatable bonds is 6. The van der Waals surface area contributed by atoms with Crippen molar-refractivity contribution in [1.82, 2.24) is 5.32 Å². The zero-order chi connectivity index (χ0) is 14.4. The molecule has 1 N–H and O–H groups in total. The van der Waals surface area contributed by atoms with E-state index in [1.807, 2.05) is 36.4 Å². The first kappa shape index (κ1) is 15.2. The molecule has 0 aliphatic heterocycles. The van der Waals surface area contributed by atoms with E-state index in [0.717, 1.165) is 30.8 Å². The Morgan fingerprint density at radius 1 is 1.00 bits per heavy atom. The Hall–Kier alpha value is -1.22. The van der Waals surface area contributed by atoms with Crippen LogP contribution in [-0.2, 0) is 6.54 Å². The summed E-state index contributed by atoms with van der Waals surface area (Å²) in [6.07, 6.45) is 1.10. The zero-order valence-electron chi connectivity index (χ0n) is 11.3. The largest absolute Gasteiger partial charge is 0.455 e. The minimum absolute atomic E-state index is 0.436. The third kappa shape index (κ3) is 3.89. The fourth-order valence-corrected chi connectivity index (χ4v) is 2.16. The van der Waals surface area contributed by atoms with Gasteiger partial charge in [-0.25, -0.2) is 0 Å². The van der Waals surface area contributed by atoms with E-state index in [0.29, 0.717) is 15.8 Å². The monoisotopic (exact) mass is 309 g/mol. The van der Waals surface area contributed by atoms with Crippen molar-refractivity contribution in [3.63, 3.8) is 0 Å². The van der Waals surface area contributed by atoms with E-state index in [2.05, 4.69) is 12.2 Å². The van der Waals surface area contributed by atoms with Crippen molar-refractivity contribution >= 4 is 23.2 Å². The lowest BCUT2D eigenvalue weighted by Gasteiger charge is -2.13. The lowest BCUT2D eigenvalue weighted by Crippen LogP contribution is -2.14. The van der Waals surface area contributed by atoms with Crippen LogP contribution in [0.15, 0.2) is 42.5 Å². The van der Waals surface area contributed by atoms with Crippen molar-refractivity contribution in [2.75, 3.05) is 6.54 Å². The summed E-state index contributed by atoms with van der Waals surface area (Å²) in [5.74, 6) is 1.36. The van der Waals surface area contributed by atoms with Gasteiger partial charge in [0.2, 0.25) is 0 Å². The van der Waals surface area contributed by atoms with Crippen molar-refractivity contribution < 1.29 is 4.74 Å². The summed E-state index contributed by atoms with van der Waals surface area (Å²) >= 11 is 12.1. The van der Waals surface area contributed by atoms with Gasteiger partial charge >= 0.3 is 0 Å². The van der Waals surface area contributed by atoms with Gasteiger partial charge in [-0.2, -0.15) is 0 Å². The average Bonchev–Trinajstić information content (AvgIpc) is 2.46. The fraction of sp³-hybridized carbons (Fsp3) is 0.250. The third-order valence-corrected chi connectivity index (χ3v) is 3.65. The summed E-state index contributed by atoms with van der Waals surface area (Å²) in [6, 6.07) is 13.3. The highest BCUT2D eigenvalue weighted by Crippen LogP contribution is 2.35. The molecule has 2 rings (SSSR count). The van der Waals surface area contributed by atoms with Gasteiger partial charge in [-0.3, -0.25) is 0 Å². The second-order valence-electron chi connectivity index (χ2n) is 4.44. The van der Waals surface area contributed by atoms with Crippen LogP contribution in [-0.4, -0.2) is 6.54 Å². The molecule has 0 atom stereocenters. The molecule has 0 aliphatic carbocycles. The van der Waals surface area contributed by atoms with Crippen LogP contribution in [0.5, 0.6) is 11.5 Å². The normalized spacial score (nSPS) is 10.6. The number of hydrogen-bond acceptors (Lipinski definition) is 2. The summed E-state index contributed by atoms with van der Waals surface area (Å²) in [5.41, 5.74) is 1.09. The molecule has 0 unspecified atom stereocenters. The van der Waals surface area contributed by atoms with Gasteiger partial charge in [0.15, 0.2) is 0 Å². The maximum Gasteiger partial charge on any atom is 0.147 e. The first-order valence-electron chi connectivity index (χ1n) is 6.63. The lowest BCUT2D eigenvalue weighted by atomic mass is 10.2. The molecule has 20 heavy (non-hydrogen) atoms. The highest BCUT2D eigenvalue weighted by atomic mass is 35.5. The Balaban J connectivity index is 2.18. The summed E-state index contributed by atoms with van der Waals surface area (Å²) in [6.45, 7) is 3.88. The van der Waals surface area contributed by atoms with Gasteiger partial charge in [0.25, 0.3) is 0 Å². The molecule has 0 bridgehead atoms. The predicted octanol–water partition coefficient (Wildman–Crippen LogP) is 5.29. The number of hydrogen-bond donors (Lipinski definition) is 1. The quantitative estimate of drug-likeness (QED) is 0.732. The SMILES string of the molecule is CCCNCc1ccccc1Oc1cccc(Cl)c1Cl. The Labute approximate surface area is 129 Å². The van der Waals surface area contributed by atoms with Crippen molar-refractivity contribution in [2.45, 2.75) is 19.9 Å². The fourth-order valence-electron chi connectivity index (χ4n) is 1.83. The smallest absolute Gasteiger partial charge is 0.147 e. The van der Waals surface area contributed by atoms with E-state index < -0.39 is 0 Å². The highest BCUT2D eigenvalue weighted by molar-refractivity contribution is 6.42. The molecule has 4 heteroatoms. The van der Waals surface area contributed by atoms with Crippen LogP contribution in [0.25, 0.3) is 0 Å². The van der Waals surface area contributed by atoms with Crippen molar-refractivity contribution in [3.8, 4) is 11.5 Å². The minimum atomic E-state index is 0.436. The molecule has 106 valence electrons. The van der Waals surface area contributed by atoms with Crippen LogP contribution in [0.3, 0.4) is 0 Å². The molecule has 0 saturated carbocycles. The third-order valence-electron chi connectivity index (χ3n) is 2.85. The molecule has 2 aromatic carbocycles. The van der Waals surface area contributed by atoms with Gasteiger partial charge in [0.1, 0.15) is 16.5 Å². The topological polar surface area (TPSA) is 21.3 Å². The number of para-hydroxylation sites is 1. The lowest BCUT2D eigenvalue weighted by molar-refractivity contribution is 0.473. The molecular weight excluding hydrogens is 293 g/mol. The van der Waals surface area contributed by atoms with E-state index in [1.54, 1.807) is 6.07 Å². The Bertz CT molecular complexity index is 572. The second kappa shape index (κ2) is 7.53. The van der Waals surface area contributed by atoms with Crippen LogP contribution < -0.4 is 10.1 Å². The first-order valence-corrected chi connectivity index (χ1v) is 7.38. The Morgan fingerprint density at radius 2 is 1.75 bits per heavy atom. The van der Waals surface area contributed by atoms with Gasteiger partial charge < -0.3 is 10.1 Å². The molecule has 0 spiro atoms. The van der Waals surface area contributed by atoms with Crippen LogP contribution in [0.4, 0.5) is 0 Å². The van der Waals surface area contributed by atoms with Gasteiger partial charge in [0.05, 0.1) is 5.02 Å². The van der Waals surface area contributed by atoms with Gasteiger partial charge in [-0.1, -0.05) is 54.4 Å². The molecule has 0 saturated heterocycles. The molecular formula is C16H17Cl2NO. The average molecular weight is 310 g/mol. The number of halogens is 2. The minimum Gasteiger partial charge on any atom is -0.455 e. The molecule has 0 aromatic heterocycles. The zero-order valence-corrected chi connectivity index (χ0v) is 12.8. The number of nitrogens with one attached hydrogen (secondary N) is 1. The molecule has 2 nitrogen and oxygen atoms in total. The summed E-state index contributed by atoms with van der Waals surface area (Å²) < 4.78 is 5.90. The van der Waals surface area contributed by atoms with E-state index in [1.165, 1.54) is 0 Å². The maximum absolute atomic E-state index is 6.15. The van der Waals surface area contributed by atoms with E-state index in [-0.39, 0.29) is 0 Å². The number of ether oxygens (including phenoxy) is 1. The molecule has 0 fully saturated rings. The summed E-state index contributed by atoms with van der Waals surface area (Å²) in [4.78, 5) is 0. The second-order valence-corrected chi connectivity index (χ2v) is 5.22. The van der Waals surface area contributed by atoms with Crippen molar-refractivity contribution in [1.29, 1.82) is 0 Å². The molecule has 0 heterocycles. The van der Waals surface area contributed by atoms with E-state index in [9.17, 15) is 0 Å². The Morgan fingerprint density at radius 3 is 2.55 bits per heavy atom. The molecule has 0 aliphatic rings. The standard InChI is InChI=1S/C16H17Cl2NO/c1-2-10-19-11-12-6-3-4-8-14(12)20-15-9-5-7-13(17)16(15)18/h3-9,19H,2,10-11H2,1H3. The maximum atomic E-state index is 6.15. The first-order chi connectivity index (χ1) is 9.72. The van der Waals surface area contributed by atoms with E-state index >= 15 is 0 Å². The van der Waals surface area contributed by atoms with Crippen LogP contribution >= 0.6 is 23.2 Å². The molecule has 2 aromatic rings. The summed E-state index contributed by atoms with van der Waals surface area (Å²) in [7, 11) is 0. The van der Waals surface area contributed by atoms with Crippen LogP contribution in [0.1, 0.15) is 18.9 Å². The van der Waals surface area contributed by atoms with Gasteiger partial charge in [-0.15, -0.1) is 0 Å². The van der Waals surface area contributed by atoms with Crippen molar-refractivity contribution in [2.24, 2.45) is 0 Å². The van der Waals surface area contributed by atoms with E-state index in [4.69, 9.17) is 27.9 Å². The number of benzene rings is 2. The summed E-state index contributed by atoms with van der Waals surface area (Å²) in [5, 5.41) is 4.29. The molecule has 0 radical (unpaired) electrons. The van der Waals surface area contributed by atoms with Crippen LogP contribution in [0, 0.1) is 0 Å². The van der Waals surface area contributed by atoms with Crippen LogP contribution in [0.2, 0.25) is 10.0 Å². The predicted molar refractivity (Wildman–Crippen MR) is 85.0 cm³/mol.